The summed E-state index contributed by atoms with van der Waals surface area (Å²) in [5.74, 6) is -2.60. The molecule has 1 fully saturated rings. The highest BCUT2D eigenvalue weighted by Crippen LogP contribution is 2.39. The summed E-state index contributed by atoms with van der Waals surface area (Å²) in [5, 5.41) is 5.92. The largest absolute Gasteiger partial charge is 0.434 e. The van der Waals surface area contributed by atoms with Crippen LogP contribution in [-0.2, 0) is 17.1 Å². The molecule has 0 unspecified atom stereocenters. The highest BCUT2D eigenvalue weighted by atomic mass is 19.4. The molecule has 3 aromatic heterocycles. The third-order valence-electron chi connectivity index (χ3n) is 6.06. The number of fused-ring (bicyclic) bond motifs is 1. The molecule has 5 rings (SSSR count). The number of rotatable bonds is 4. The number of hydrogen-bond acceptors (Lipinski definition) is 5. The smallest absolute Gasteiger partial charge is 0.329 e. The maximum Gasteiger partial charge on any atom is 0.434 e. The van der Waals surface area contributed by atoms with E-state index in [-0.39, 0.29) is 29.4 Å². The Labute approximate surface area is 214 Å². The first-order chi connectivity index (χ1) is 18.4. The van der Waals surface area contributed by atoms with Crippen LogP contribution in [0.1, 0.15) is 34.5 Å². The Kier molecular flexibility index (Phi) is 6.15. The highest BCUT2D eigenvalue weighted by molar-refractivity contribution is 6.05. The number of carbonyl (C=O) groups is 2. The van der Waals surface area contributed by atoms with Crippen molar-refractivity contribution in [2.45, 2.75) is 25.2 Å². The lowest BCUT2D eigenvalue weighted by atomic mass is 10.1. The predicted octanol–water partition coefficient (Wildman–Crippen LogP) is 4.53. The molecular weight excluding hydrogens is 534 g/mol. The Morgan fingerprint density at radius 2 is 1.77 bits per heavy atom. The Hall–Kier alpha value is -4.69. The van der Waals surface area contributed by atoms with Gasteiger partial charge in [0, 0.05) is 29.9 Å². The first-order valence-electron chi connectivity index (χ1n) is 11.3. The van der Waals surface area contributed by atoms with Crippen LogP contribution in [0.5, 0.6) is 0 Å². The van der Waals surface area contributed by atoms with Crippen LogP contribution in [0.15, 0.2) is 53.7 Å². The monoisotopic (exact) mass is 550 g/mol. The fraction of sp³-hybridized carbons (Fsp3) is 0.208. The van der Waals surface area contributed by atoms with Crippen LogP contribution < -0.4 is 15.8 Å². The van der Waals surface area contributed by atoms with Gasteiger partial charge in [0.15, 0.2) is 5.69 Å². The first-order valence-corrected chi connectivity index (χ1v) is 11.3. The lowest BCUT2D eigenvalue weighted by Crippen LogP contribution is -2.28. The van der Waals surface area contributed by atoms with Crippen molar-refractivity contribution in [2.75, 3.05) is 16.8 Å². The molecule has 4 aromatic rings. The van der Waals surface area contributed by atoms with Crippen LogP contribution in [-0.4, -0.2) is 38.1 Å². The number of aromatic nitrogens is 4. The van der Waals surface area contributed by atoms with E-state index < -0.39 is 58.1 Å². The molecule has 39 heavy (non-hydrogen) atoms. The second-order valence-electron chi connectivity index (χ2n) is 8.56. The normalized spacial score (nSPS) is 14.3. The summed E-state index contributed by atoms with van der Waals surface area (Å²) in [7, 11) is 0. The molecule has 0 saturated carbocycles. The standard InChI is InChI=1S/C24H16F6N6O3/c25-23(26,27)16-9-12(10-32-20(16)35-8-2-5-18(35)37)34-22(39)15-11-33-36(19(15)24(28,29)30)17-4-1-3-14-13(17)6-7-31-21(14)38/h1,3-4,6-7,9-11H,2,5,8H2,(H,31,38)(H,34,39). The van der Waals surface area contributed by atoms with Crippen molar-refractivity contribution in [3.63, 3.8) is 0 Å². The van der Waals surface area contributed by atoms with Gasteiger partial charge in [-0.25, -0.2) is 9.67 Å². The van der Waals surface area contributed by atoms with Crippen LogP contribution in [0.25, 0.3) is 16.5 Å². The molecule has 2 N–H and O–H groups in total. The van der Waals surface area contributed by atoms with Crippen LogP contribution in [0.4, 0.5) is 37.8 Å². The number of H-pyrrole nitrogens is 1. The summed E-state index contributed by atoms with van der Waals surface area (Å²) >= 11 is 0. The lowest BCUT2D eigenvalue weighted by molar-refractivity contribution is -0.143. The quantitative estimate of drug-likeness (QED) is 0.363. The number of halogens is 6. The fourth-order valence-electron chi connectivity index (χ4n) is 4.38. The van der Waals surface area contributed by atoms with Gasteiger partial charge in [-0.3, -0.25) is 19.3 Å². The number of anilines is 2. The molecule has 1 aromatic carbocycles. The summed E-state index contributed by atoms with van der Waals surface area (Å²) in [6.45, 7) is 0.0226. The van der Waals surface area contributed by atoms with E-state index in [0.717, 1.165) is 11.1 Å². The number of benzene rings is 1. The van der Waals surface area contributed by atoms with Gasteiger partial charge >= 0.3 is 12.4 Å². The van der Waals surface area contributed by atoms with Gasteiger partial charge in [-0.1, -0.05) is 6.07 Å². The molecule has 4 heterocycles. The molecule has 9 nitrogen and oxygen atoms in total. The van der Waals surface area contributed by atoms with Gasteiger partial charge in [0.05, 0.1) is 29.3 Å². The van der Waals surface area contributed by atoms with E-state index >= 15 is 0 Å². The predicted molar refractivity (Wildman–Crippen MR) is 125 cm³/mol. The molecule has 2 amide bonds. The third-order valence-corrected chi connectivity index (χ3v) is 6.06. The lowest BCUT2D eigenvalue weighted by Gasteiger charge is -2.20. The minimum absolute atomic E-state index is 0.0226. The summed E-state index contributed by atoms with van der Waals surface area (Å²) in [5.41, 5.74) is -5.05. The second-order valence-corrected chi connectivity index (χ2v) is 8.56. The first kappa shape index (κ1) is 25.9. The van der Waals surface area contributed by atoms with Crippen LogP contribution in [0, 0.1) is 0 Å². The number of amides is 2. The minimum atomic E-state index is -5.12. The summed E-state index contributed by atoms with van der Waals surface area (Å²) in [4.78, 5) is 43.9. The average molecular weight is 550 g/mol. The molecule has 1 saturated heterocycles. The number of alkyl halides is 6. The summed E-state index contributed by atoms with van der Waals surface area (Å²) in [6, 6.07) is 5.87. The van der Waals surface area contributed by atoms with Gasteiger partial charge in [-0.05, 0) is 30.7 Å². The van der Waals surface area contributed by atoms with Crippen molar-refractivity contribution < 1.29 is 35.9 Å². The van der Waals surface area contributed by atoms with Crippen molar-refractivity contribution >= 4 is 34.1 Å². The molecular formula is C24H16F6N6O3. The van der Waals surface area contributed by atoms with Gasteiger partial charge in [-0.2, -0.15) is 31.4 Å². The summed E-state index contributed by atoms with van der Waals surface area (Å²) < 4.78 is 84.3. The Morgan fingerprint density at radius 3 is 2.44 bits per heavy atom. The van der Waals surface area contributed by atoms with Crippen molar-refractivity contribution in [3.8, 4) is 5.69 Å². The molecule has 202 valence electrons. The van der Waals surface area contributed by atoms with E-state index in [4.69, 9.17) is 0 Å². The topological polar surface area (TPSA) is 113 Å². The number of pyridine rings is 2. The Balaban J connectivity index is 1.55. The van der Waals surface area contributed by atoms with E-state index in [9.17, 15) is 40.7 Å². The minimum Gasteiger partial charge on any atom is -0.329 e. The van der Waals surface area contributed by atoms with Gasteiger partial charge in [0.2, 0.25) is 5.91 Å². The molecule has 0 radical (unpaired) electrons. The number of hydrogen-bond donors (Lipinski definition) is 2. The van der Waals surface area contributed by atoms with Gasteiger partial charge in [-0.15, -0.1) is 0 Å². The molecule has 0 atom stereocenters. The van der Waals surface area contributed by atoms with E-state index in [1.54, 1.807) is 0 Å². The molecule has 1 aliphatic rings. The Bertz CT molecular complexity index is 1670. The zero-order valence-electron chi connectivity index (χ0n) is 19.5. The zero-order chi connectivity index (χ0) is 28.1. The SMILES string of the molecule is O=C(Nc1cnc(N2CCCC2=O)c(C(F)(F)F)c1)c1cnn(-c2cccc3c(=O)[nH]ccc23)c1C(F)(F)F. The van der Waals surface area contributed by atoms with Gasteiger partial charge < -0.3 is 10.3 Å². The van der Waals surface area contributed by atoms with Gasteiger partial charge in [0.1, 0.15) is 11.4 Å². The van der Waals surface area contributed by atoms with E-state index in [1.807, 2.05) is 5.32 Å². The number of nitrogens with zero attached hydrogens (tertiary/aromatic N) is 4. The maximum atomic E-state index is 14.2. The van der Waals surface area contributed by atoms with Crippen molar-refractivity contribution in [2.24, 2.45) is 0 Å². The van der Waals surface area contributed by atoms with Crippen molar-refractivity contribution in [1.29, 1.82) is 0 Å². The summed E-state index contributed by atoms with van der Waals surface area (Å²) in [6.07, 6.45) is -7.02. The average Bonchev–Trinajstić information content (AvgIpc) is 3.50. The molecule has 0 bridgehead atoms. The van der Waals surface area contributed by atoms with Crippen molar-refractivity contribution in [1.82, 2.24) is 19.7 Å². The molecule has 1 aliphatic heterocycles. The van der Waals surface area contributed by atoms with E-state index in [0.29, 0.717) is 23.4 Å². The number of carbonyl (C=O) groups excluding carboxylic acids is 2. The number of aromatic amines is 1. The van der Waals surface area contributed by atoms with E-state index in [2.05, 4.69) is 15.1 Å². The molecule has 15 heteroatoms. The van der Waals surface area contributed by atoms with Crippen LogP contribution >= 0.6 is 0 Å². The zero-order valence-corrected chi connectivity index (χ0v) is 19.5. The molecule has 0 spiro atoms. The van der Waals surface area contributed by atoms with E-state index in [1.165, 1.54) is 30.5 Å². The highest BCUT2D eigenvalue weighted by Gasteiger charge is 2.42. The van der Waals surface area contributed by atoms with Crippen molar-refractivity contribution in [3.05, 3.63) is 76.1 Å². The Morgan fingerprint density at radius 1 is 1.00 bits per heavy atom. The van der Waals surface area contributed by atoms with Crippen LogP contribution in [0.3, 0.4) is 0 Å². The number of nitrogens with one attached hydrogen (secondary N) is 2. The van der Waals surface area contributed by atoms with Crippen LogP contribution in [0.2, 0.25) is 0 Å². The second kappa shape index (κ2) is 9.25. The van der Waals surface area contributed by atoms with Gasteiger partial charge in [0.25, 0.3) is 11.5 Å². The third kappa shape index (κ3) is 4.70. The molecule has 0 aliphatic carbocycles. The maximum absolute atomic E-state index is 14.2. The fourth-order valence-corrected chi connectivity index (χ4v) is 4.38.